The van der Waals surface area contributed by atoms with Crippen molar-refractivity contribution >= 4 is 6.34 Å². The van der Waals surface area contributed by atoms with Crippen molar-refractivity contribution in [2.75, 3.05) is 0 Å². The summed E-state index contributed by atoms with van der Waals surface area (Å²) in [6, 6.07) is 6.15. The molecule has 0 spiro atoms. The summed E-state index contributed by atoms with van der Waals surface area (Å²) in [6.45, 7) is 0. The van der Waals surface area contributed by atoms with Gasteiger partial charge in [-0.2, -0.15) is 0 Å². The molecule has 1 aromatic carbocycles. The molecule has 4 heteroatoms. The third-order valence-corrected chi connectivity index (χ3v) is 0.882. The van der Waals surface area contributed by atoms with Crippen LogP contribution >= 0.6 is 0 Å². The summed E-state index contributed by atoms with van der Waals surface area (Å²) in [7, 11) is 0. The maximum atomic E-state index is 8.67. The first kappa shape index (κ1) is 9.29. The van der Waals surface area contributed by atoms with Crippen LogP contribution in [-0.4, -0.2) is 16.6 Å². The summed E-state index contributed by atoms with van der Waals surface area (Å²) in [5.74, 6) is -0.153. The SMILES string of the molecule is N=CN.Oc1ccccc1O. The lowest BCUT2D eigenvalue weighted by atomic mass is 10.3. The fraction of sp³-hybridized carbons (Fsp3) is 0. The second kappa shape index (κ2) is 5.10. The molecular formula is C7H10N2O2. The summed E-state index contributed by atoms with van der Waals surface area (Å²) in [6.07, 6.45) is 0.750. The van der Waals surface area contributed by atoms with Gasteiger partial charge in [0.25, 0.3) is 0 Å². The van der Waals surface area contributed by atoms with E-state index in [1.807, 2.05) is 0 Å². The van der Waals surface area contributed by atoms with Gasteiger partial charge in [-0.1, -0.05) is 12.1 Å². The van der Waals surface area contributed by atoms with E-state index in [-0.39, 0.29) is 11.5 Å². The van der Waals surface area contributed by atoms with E-state index in [9.17, 15) is 0 Å². The molecule has 0 fully saturated rings. The fourth-order valence-corrected chi connectivity index (χ4v) is 0.464. The maximum absolute atomic E-state index is 8.67. The Balaban J connectivity index is 0.000000292. The van der Waals surface area contributed by atoms with Crippen LogP contribution in [0.4, 0.5) is 0 Å². The van der Waals surface area contributed by atoms with Crippen LogP contribution in [0.25, 0.3) is 0 Å². The van der Waals surface area contributed by atoms with Gasteiger partial charge in [0, 0.05) is 0 Å². The third-order valence-electron chi connectivity index (χ3n) is 0.882. The minimum atomic E-state index is -0.0764. The highest BCUT2D eigenvalue weighted by Gasteiger charge is 1.90. The lowest BCUT2D eigenvalue weighted by molar-refractivity contribution is 0.404. The number of phenolic OH excluding ortho intramolecular Hbond substituents is 2. The van der Waals surface area contributed by atoms with Crippen LogP contribution in [0.1, 0.15) is 0 Å². The zero-order valence-corrected chi connectivity index (χ0v) is 5.86. The number of benzene rings is 1. The molecule has 5 N–H and O–H groups in total. The lowest BCUT2D eigenvalue weighted by Gasteiger charge is -1.91. The quantitative estimate of drug-likeness (QED) is 0.251. The van der Waals surface area contributed by atoms with Crippen molar-refractivity contribution in [3.8, 4) is 11.5 Å². The third kappa shape index (κ3) is 3.80. The number of phenols is 2. The van der Waals surface area contributed by atoms with E-state index in [1.54, 1.807) is 12.1 Å². The average Bonchev–Trinajstić information content (AvgIpc) is 1.97. The summed E-state index contributed by atoms with van der Waals surface area (Å²) in [4.78, 5) is 0. The molecule has 0 saturated heterocycles. The number of aromatic hydroxyl groups is 2. The molecule has 0 aliphatic heterocycles. The Morgan fingerprint density at radius 1 is 1.18 bits per heavy atom. The Bertz CT molecular complexity index is 204. The first-order chi connectivity index (χ1) is 5.22. The highest BCUT2D eigenvalue weighted by molar-refractivity contribution is 5.46. The van der Waals surface area contributed by atoms with Crippen LogP contribution in [-0.2, 0) is 0 Å². The largest absolute Gasteiger partial charge is 0.504 e. The van der Waals surface area contributed by atoms with Gasteiger partial charge in [-0.15, -0.1) is 0 Å². The van der Waals surface area contributed by atoms with Gasteiger partial charge < -0.3 is 15.9 Å². The van der Waals surface area contributed by atoms with Crippen molar-refractivity contribution in [2.45, 2.75) is 0 Å². The van der Waals surface area contributed by atoms with Gasteiger partial charge in [0.15, 0.2) is 11.5 Å². The summed E-state index contributed by atoms with van der Waals surface area (Å²) >= 11 is 0. The minimum Gasteiger partial charge on any atom is -0.504 e. The van der Waals surface area contributed by atoms with Crippen molar-refractivity contribution in [1.29, 1.82) is 5.41 Å². The van der Waals surface area contributed by atoms with E-state index in [1.165, 1.54) is 12.1 Å². The standard InChI is InChI=1S/C6H6O2.CH4N2/c7-5-3-1-2-4-6(5)8;2-1-3/h1-4,7-8H;1H,(H3,2,3). The molecule has 0 unspecified atom stereocenters. The minimum absolute atomic E-state index is 0.0764. The molecule has 0 saturated carbocycles. The van der Waals surface area contributed by atoms with Gasteiger partial charge in [-0.05, 0) is 12.1 Å². The van der Waals surface area contributed by atoms with E-state index >= 15 is 0 Å². The van der Waals surface area contributed by atoms with Gasteiger partial charge in [0.1, 0.15) is 0 Å². The molecule has 0 aromatic heterocycles. The molecule has 0 heterocycles. The fourth-order valence-electron chi connectivity index (χ4n) is 0.464. The van der Waals surface area contributed by atoms with E-state index in [0.29, 0.717) is 0 Å². The van der Waals surface area contributed by atoms with Gasteiger partial charge in [0.2, 0.25) is 0 Å². The number of nitrogens with one attached hydrogen (secondary N) is 1. The summed E-state index contributed by atoms with van der Waals surface area (Å²) < 4.78 is 0. The van der Waals surface area contributed by atoms with E-state index in [2.05, 4.69) is 5.73 Å². The maximum Gasteiger partial charge on any atom is 0.157 e. The molecular weight excluding hydrogens is 144 g/mol. The molecule has 11 heavy (non-hydrogen) atoms. The lowest BCUT2D eigenvalue weighted by Crippen LogP contribution is -1.81. The molecule has 1 aromatic rings. The number of para-hydroxylation sites is 2. The predicted molar refractivity (Wildman–Crippen MR) is 42.7 cm³/mol. The summed E-state index contributed by atoms with van der Waals surface area (Å²) in [5.41, 5.74) is 4.39. The van der Waals surface area contributed by atoms with Crippen LogP contribution in [0.3, 0.4) is 0 Å². The van der Waals surface area contributed by atoms with Gasteiger partial charge >= 0.3 is 0 Å². The Morgan fingerprint density at radius 3 is 1.64 bits per heavy atom. The number of rotatable bonds is 0. The van der Waals surface area contributed by atoms with E-state index in [4.69, 9.17) is 15.6 Å². The van der Waals surface area contributed by atoms with E-state index < -0.39 is 0 Å². The van der Waals surface area contributed by atoms with Crippen molar-refractivity contribution in [2.24, 2.45) is 5.73 Å². The molecule has 4 nitrogen and oxygen atoms in total. The smallest absolute Gasteiger partial charge is 0.157 e. The van der Waals surface area contributed by atoms with Gasteiger partial charge in [0.05, 0.1) is 6.34 Å². The molecule has 60 valence electrons. The van der Waals surface area contributed by atoms with Crippen molar-refractivity contribution < 1.29 is 10.2 Å². The predicted octanol–water partition coefficient (Wildman–Crippen LogP) is 0.650. The zero-order valence-electron chi connectivity index (χ0n) is 5.86. The average molecular weight is 154 g/mol. The Hall–Kier alpha value is -1.71. The van der Waals surface area contributed by atoms with Gasteiger partial charge in [-0.3, -0.25) is 5.41 Å². The Kier molecular flexibility index (Phi) is 4.31. The summed E-state index contributed by atoms with van der Waals surface area (Å²) in [5, 5.41) is 23.2. The van der Waals surface area contributed by atoms with Crippen LogP contribution < -0.4 is 5.73 Å². The zero-order chi connectivity index (χ0) is 8.69. The molecule has 0 amide bonds. The first-order valence-corrected chi connectivity index (χ1v) is 2.90. The van der Waals surface area contributed by atoms with Crippen LogP contribution in [0.5, 0.6) is 11.5 Å². The monoisotopic (exact) mass is 154 g/mol. The van der Waals surface area contributed by atoms with Crippen molar-refractivity contribution in [1.82, 2.24) is 0 Å². The molecule has 0 aliphatic rings. The molecule has 0 aliphatic carbocycles. The van der Waals surface area contributed by atoms with Crippen LogP contribution in [0, 0.1) is 5.41 Å². The Morgan fingerprint density at radius 2 is 1.45 bits per heavy atom. The molecule has 0 atom stereocenters. The number of hydrogen-bond donors (Lipinski definition) is 4. The second-order valence-corrected chi connectivity index (χ2v) is 1.66. The highest BCUT2D eigenvalue weighted by atomic mass is 16.3. The molecule has 0 radical (unpaired) electrons. The number of hydrogen-bond acceptors (Lipinski definition) is 3. The second-order valence-electron chi connectivity index (χ2n) is 1.66. The highest BCUT2D eigenvalue weighted by Crippen LogP contribution is 2.21. The van der Waals surface area contributed by atoms with Crippen LogP contribution in [0.15, 0.2) is 24.3 Å². The topological polar surface area (TPSA) is 90.3 Å². The number of nitrogens with two attached hydrogens (primary N) is 1. The van der Waals surface area contributed by atoms with Crippen LogP contribution in [0.2, 0.25) is 0 Å². The van der Waals surface area contributed by atoms with Crippen molar-refractivity contribution in [3.63, 3.8) is 0 Å². The van der Waals surface area contributed by atoms with Crippen molar-refractivity contribution in [3.05, 3.63) is 24.3 Å². The molecule has 1 rings (SSSR count). The normalized spacial score (nSPS) is 7.64. The van der Waals surface area contributed by atoms with Gasteiger partial charge in [-0.25, -0.2) is 0 Å². The first-order valence-electron chi connectivity index (χ1n) is 2.90. The van der Waals surface area contributed by atoms with E-state index in [0.717, 1.165) is 6.34 Å². The Labute approximate surface area is 64.4 Å². The molecule has 0 bridgehead atoms.